The third kappa shape index (κ3) is 2.98. The number of rotatable bonds is 3. The predicted molar refractivity (Wildman–Crippen MR) is 63.8 cm³/mol. The van der Waals surface area contributed by atoms with Crippen molar-refractivity contribution in [1.29, 1.82) is 0 Å². The summed E-state index contributed by atoms with van der Waals surface area (Å²) >= 11 is 0.170. The fraction of sp³-hybridized carbons (Fsp3) is 0.462. The van der Waals surface area contributed by atoms with E-state index in [1.807, 2.05) is 6.92 Å². The molecule has 0 aliphatic carbocycles. The third-order valence-corrected chi connectivity index (χ3v) is 5.21. The van der Waals surface area contributed by atoms with E-state index in [4.69, 9.17) is 4.99 Å². The van der Waals surface area contributed by atoms with E-state index in [0.717, 1.165) is 0 Å². The van der Waals surface area contributed by atoms with E-state index in [1.165, 1.54) is 15.5 Å². The van der Waals surface area contributed by atoms with E-state index < -0.39 is 0 Å². The first kappa shape index (κ1) is 12.6. The average molecular weight is 290 g/mol. The van der Waals surface area contributed by atoms with Crippen LogP contribution in [0.15, 0.2) is 37.6 Å². The molecule has 0 saturated carbocycles. The molecule has 1 nitrogen and oxygen atoms in total. The molecule has 0 unspecified atom stereocenters. The Kier molecular flexibility index (Phi) is 4.22. The molecule has 0 N–H and O–H groups in total. The van der Waals surface area contributed by atoms with E-state index in [1.54, 1.807) is 0 Å². The van der Waals surface area contributed by atoms with Crippen molar-refractivity contribution in [1.82, 2.24) is 0 Å². The van der Waals surface area contributed by atoms with Crippen LogP contribution in [-0.4, -0.2) is 11.3 Å². The van der Waals surface area contributed by atoms with Gasteiger partial charge in [-0.15, -0.1) is 0 Å². The molecule has 1 rings (SSSR count). The Morgan fingerprint density at radius 3 is 2.33 bits per heavy atom. The summed E-state index contributed by atoms with van der Waals surface area (Å²) in [4.78, 5) is 4.70. The van der Waals surface area contributed by atoms with Gasteiger partial charge >= 0.3 is 101 Å². The molecular weight excluding hydrogens is 271 g/mol. The zero-order chi connectivity index (χ0) is 11.5. The van der Waals surface area contributed by atoms with Crippen LogP contribution in [0.1, 0.15) is 34.6 Å². The van der Waals surface area contributed by atoms with Crippen molar-refractivity contribution in [2.75, 3.05) is 0 Å². The predicted octanol–water partition coefficient (Wildman–Crippen LogP) is 3.69. The van der Waals surface area contributed by atoms with E-state index in [9.17, 15) is 0 Å². The maximum absolute atomic E-state index is 4.70. The van der Waals surface area contributed by atoms with Crippen LogP contribution < -0.4 is 0 Å². The van der Waals surface area contributed by atoms with Gasteiger partial charge < -0.3 is 0 Å². The summed E-state index contributed by atoms with van der Waals surface area (Å²) in [6.07, 6.45) is 6.28. The van der Waals surface area contributed by atoms with E-state index >= 15 is 0 Å². The molecule has 2 heteroatoms. The van der Waals surface area contributed by atoms with Gasteiger partial charge in [0, 0.05) is 0 Å². The molecule has 0 amide bonds. The van der Waals surface area contributed by atoms with Crippen LogP contribution in [0.5, 0.6) is 0 Å². The van der Waals surface area contributed by atoms with Crippen LogP contribution in [0.25, 0.3) is 0 Å². The van der Waals surface area contributed by atoms with Crippen LogP contribution in [-0.2, 0) is 17.1 Å². The standard InChI is InChI=1S/C8H12N.C5H7.Ru/c1-6-5-8(3,4)9-7(6)2;1-3-5-4-2;/h1-4H3;1,3-5H,2H3;. The molecule has 0 radical (unpaired) electrons. The molecule has 0 fully saturated rings. The fourth-order valence-corrected chi connectivity index (χ4v) is 3.66. The van der Waals surface area contributed by atoms with Crippen LogP contribution in [0.4, 0.5) is 0 Å². The fourth-order valence-electron chi connectivity index (χ4n) is 1.61. The molecule has 0 spiro atoms. The minimum absolute atomic E-state index is 0.0345. The zero-order valence-corrected chi connectivity index (χ0v) is 11.8. The molecule has 84 valence electrons. The molecule has 15 heavy (non-hydrogen) atoms. The summed E-state index contributed by atoms with van der Waals surface area (Å²) in [6.45, 7) is 10.8. The van der Waals surface area contributed by atoms with Crippen molar-refractivity contribution in [2.24, 2.45) is 4.99 Å². The summed E-state index contributed by atoms with van der Waals surface area (Å²) in [5.74, 6) is 0. The average Bonchev–Trinajstić information content (AvgIpc) is 2.33. The third-order valence-electron chi connectivity index (χ3n) is 2.36. The van der Waals surface area contributed by atoms with Gasteiger partial charge in [0.2, 0.25) is 0 Å². The minimum atomic E-state index is 0.0345. The molecule has 0 saturated heterocycles. The van der Waals surface area contributed by atoms with Gasteiger partial charge in [0.25, 0.3) is 0 Å². The van der Waals surface area contributed by atoms with Gasteiger partial charge in [-0.1, -0.05) is 0 Å². The van der Waals surface area contributed by atoms with Gasteiger partial charge in [-0.2, -0.15) is 0 Å². The van der Waals surface area contributed by atoms with Crippen molar-refractivity contribution >= 4 is 5.71 Å². The SMILES string of the molecule is CC=CC=[CH][Ru][C]1=C(C)C(C)=NC1(C)C. The summed E-state index contributed by atoms with van der Waals surface area (Å²) in [5, 5.41) is 0. The Labute approximate surface area is 101 Å². The van der Waals surface area contributed by atoms with E-state index in [2.05, 4.69) is 50.6 Å². The maximum atomic E-state index is 4.70. The van der Waals surface area contributed by atoms with Crippen molar-refractivity contribution in [3.8, 4) is 0 Å². The van der Waals surface area contributed by atoms with Gasteiger partial charge in [0.05, 0.1) is 0 Å². The van der Waals surface area contributed by atoms with E-state index in [-0.39, 0.29) is 22.7 Å². The molecule has 0 atom stereocenters. The van der Waals surface area contributed by atoms with Gasteiger partial charge in [-0.3, -0.25) is 0 Å². The zero-order valence-electron chi connectivity index (χ0n) is 10.1. The Balaban J connectivity index is 2.79. The normalized spacial score (nSPS) is 21.0. The van der Waals surface area contributed by atoms with Crippen LogP contribution in [0.3, 0.4) is 0 Å². The number of hydrogen-bond donors (Lipinski definition) is 0. The van der Waals surface area contributed by atoms with Gasteiger partial charge in [-0.25, -0.2) is 0 Å². The number of nitrogens with zero attached hydrogens (tertiary/aromatic N) is 1. The van der Waals surface area contributed by atoms with Gasteiger partial charge in [0.1, 0.15) is 0 Å². The van der Waals surface area contributed by atoms with Crippen LogP contribution in [0.2, 0.25) is 0 Å². The second-order valence-corrected chi connectivity index (χ2v) is 6.07. The molecule has 1 heterocycles. The van der Waals surface area contributed by atoms with Crippen molar-refractivity contribution in [2.45, 2.75) is 40.2 Å². The summed E-state index contributed by atoms with van der Waals surface area (Å²) in [6, 6.07) is 0. The van der Waals surface area contributed by atoms with Crippen molar-refractivity contribution < 1.29 is 17.1 Å². The van der Waals surface area contributed by atoms with Crippen molar-refractivity contribution in [3.63, 3.8) is 0 Å². The molecule has 0 aromatic rings. The summed E-state index contributed by atoms with van der Waals surface area (Å²) in [7, 11) is 0. The summed E-state index contributed by atoms with van der Waals surface area (Å²) in [5.41, 5.74) is 2.65. The molecule has 0 aromatic heterocycles. The van der Waals surface area contributed by atoms with Gasteiger partial charge in [-0.05, 0) is 0 Å². The molecular formula is C13H19NRu. The Morgan fingerprint density at radius 2 is 1.87 bits per heavy atom. The Hall–Kier alpha value is -0.487. The quantitative estimate of drug-likeness (QED) is 0.555. The van der Waals surface area contributed by atoms with Crippen LogP contribution in [0, 0.1) is 0 Å². The Morgan fingerprint density at radius 1 is 1.20 bits per heavy atom. The van der Waals surface area contributed by atoms with Crippen molar-refractivity contribution in [3.05, 3.63) is 32.6 Å². The second-order valence-electron chi connectivity index (χ2n) is 4.12. The van der Waals surface area contributed by atoms with Gasteiger partial charge in [0.15, 0.2) is 0 Å². The topological polar surface area (TPSA) is 12.4 Å². The van der Waals surface area contributed by atoms with Crippen LogP contribution >= 0.6 is 0 Å². The molecule has 0 aromatic carbocycles. The molecule has 0 bridgehead atoms. The first-order valence-corrected chi connectivity index (χ1v) is 7.03. The monoisotopic (exact) mass is 291 g/mol. The molecule has 1 aliphatic rings. The molecule has 1 aliphatic heterocycles. The number of allylic oxidation sites excluding steroid dienone is 4. The van der Waals surface area contributed by atoms with E-state index in [0.29, 0.717) is 0 Å². The number of hydrogen-bond acceptors (Lipinski definition) is 1. The first-order valence-electron chi connectivity index (χ1n) is 5.16. The Bertz CT molecular complexity index is 357. The first-order chi connectivity index (χ1) is 6.99. The second kappa shape index (κ2) is 5.03. The summed E-state index contributed by atoms with van der Waals surface area (Å²) < 4.78 is 3.83. The number of aliphatic imine (C=N–C) groups is 1.